The van der Waals surface area contributed by atoms with Gasteiger partial charge in [-0.3, -0.25) is 0 Å². The van der Waals surface area contributed by atoms with E-state index in [2.05, 4.69) is 0 Å². The molecule has 23 heavy (non-hydrogen) atoms. The zero-order valence-corrected chi connectivity index (χ0v) is 12.7. The van der Waals surface area contributed by atoms with Gasteiger partial charge in [0.25, 0.3) is 0 Å². The summed E-state index contributed by atoms with van der Waals surface area (Å²) >= 11 is 5.51. The van der Waals surface area contributed by atoms with E-state index in [-0.39, 0.29) is 13.0 Å². The van der Waals surface area contributed by atoms with Gasteiger partial charge in [-0.25, -0.2) is 9.59 Å². The standard InChI is InChI=1S/C12H19ClO10/c13-12(10(18)19,11(20)21)2-1-3-22-9-8(17)7(16)6(15)5(4-14)23-9/h5-9,14-17H,1-4H2,(H,18,19)(H,20,21)/t5-,6+,7+,8-,9?/m1/s1. The summed E-state index contributed by atoms with van der Waals surface area (Å²) in [6.07, 6.45) is -7.75. The van der Waals surface area contributed by atoms with Crippen LogP contribution in [0.3, 0.4) is 0 Å². The summed E-state index contributed by atoms with van der Waals surface area (Å²) in [6, 6.07) is 0. The predicted molar refractivity (Wildman–Crippen MR) is 72.8 cm³/mol. The topological polar surface area (TPSA) is 174 Å². The van der Waals surface area contributed by atoms with Crippen LogP contribution in [0, 0.1) is 0 Å². The Morgan fingerprint density at radius 1 is 1.09 bits per heavy atom. The molecule has 6 N–H and O–H groups in total. The van der Waals surface area contributed by atoms with Crippen LogP contribution in [0.1, 0.15) is 12.8 Å². The summed E-state index contributed by atoms with van der Waals surface area (Å²) in [5.41, 5.74) is 0. The highest BCUT2D eigenvalue weighted by Gasteiger charge is 2.45. The van der Waals surface area contributed by atoms with Crippen molar-refractivity contribution < 1.29 is 49.7 Å². The van der Waals surface area contributed by atoms with Gasteiger partial charge in [-0.2, -0.15) is 0 Å². The van der Waals surface area contributed by atoms with Crippen molar-refractivity contribution in [2.24, 2.45) is 0 Å². The van der Waals surface area contributed by atoms with Crippen molar-refractivity contribution in [2.45, 2.75) is 48.4 Å². The highest BCUT2D eigenvalue weighted by atomic mass is 35.5. The van der Waals surface area contributed by atoms with Crippen molar-refractivity contribution in [2.75, 3.05) is 13.2 Å². The third kappa shape index (κ3) is 4.51. The van der Waals surface area contributed by atoms with Crippen molar-refractivity contribution in [1.29, 1.82) is 0 Å². The molecule has 0 aliphatic carbocycles. The quantitative estimate of drug-likeness (QED) is 0.158. The lowest BCUT2D eigenvalue weighted by Gasteiger charge is -2.39. The SMILES string of the molecule is O=C(O)C(Cl)(CCCOC1O[C@H](CO)[C@H](O)[C@H](O)[C@H]1O)C(=O)O. The van der Waals surface area contributed by atoms with Crippen LogP contribution in [0.5, 0.6) is 0 Å². The molecule has 0 aromatic rings. The largest absolute Gasteiger partial charge is 0.479 e. The van der Waals surface area contributed by atoms with Crippen LogP contribution in [0.4, 0.5) is 0 Å². The molecule has 1 unspecified atom stereocenters. The Morgan fingerprint density at radius 3 is 2.13 bits per heavy atom. The third-order valence-corrected chi connectivity index (χ3v) is 3.99. The molecule has 1 fully saturated rings. The van der Waals surface area contributed by atoms with E-state index in [1.807, 2.05) is 0 Å². The maximum Gasteiger partial charge on any atom is 0.336 e. The number of aliphatic carboxylic acids is 2. The van der Waals surface area contributed by atoms with Crippen molar-refractivity contribution in [1.82, 2.24) is 0 Å². The molecule has 0 spiro atoms. The van der Waals surface area contributed by atoms with Crippen LogP contribution in [-0.2, 0) is 19.1 Å². The normalized spacial score (nSPS) is 31.8. The smallest absolute Gasteiger partial charge is 0.336 e. The maximum atomic E-state index is 10.9. The van der Waals surface area contributed by atoms with E-state index in [1.54, 1.807) is 0 Å². The molecule has 5 atom stereocenters. The van der Waals surface area contributed by atoms with E-state index >= 15 is 0 Å². The van der Waals surface area contributed by atoms with Crippen LogP contribution >= 0.6 is 11.6 Å². The fourth-order valence-corrected chi connectivity index (χ4v) is 2.16. The predicted octanol–water partition coefficient (Wildman–Crippen LogP) is -2.27. The molecule has 134 valence electrons. The lowest BCUT2D eigenvalue weighted by atomic mass is 9.99. The Bertz CT molecular complexity index is 414. The van der Waals surface area contributed by atoms with Gasteiger partial charge in [0.2, 0.25) is 4.87 Å². The van der Waals surface area contributed by atoms with Crippen molar-refractivity contribution in [3.63, 3.8) is 0 Å². The Labute approximate surface area is 135 Å². The average Bonchev–Trinajstić information content (AvgIpc) is 2.50. The first-order chi connectivity index (χ1) is 10.6. The molecule has 11 heteroatoms. The molecule has 0 saturated carbocycles. The van der Waals surface area contributed by atoms with E-state index in [9.17, 15) is 24.9 Å². The molecule has 0 amide bonds. The van der Waals surface area contributed by atoms with E-state index in [0.717, 1.165) is 0 Å². The zero-order chi connectivity index (χ0) is 17.8. The highest BCUT2D eigenvalue weighted by molar-refractivity contribution is 6.44. The number of hydrogen-bond donors (Lipinski definition) is 6. The molecule has 1 saturated heterocycles. The summed E-state index contributed by atoms with van der Waals surface area (Å²) in [7, 11) is 0. The first kappa shape index (κ1) is 20.0. The van der Waals surface area contributed by atoms with E-state index in [4.69, 9.17) is 36.4 Å². The second-order valence-corrected chi connectivity index (χ2v) is 5.73. The van der Waals surface area contributed by atoms with Gasteiger partial charge in [0.05, 0.1) is 6.61 Å². The van der Waals surface area contributed by atoms with Crippen LogP contribution in [0.2, 0.25) is 0 Å². The Balaban J connectivity index is 2.52. The average molecular weight is 359 g/mol. The van der Waals surface area contributed by atoms with Gasteiger partial charge in [0.1, 0.15) is 24.4 Å². The molecular weight excluding hydrogens is 340 g/mol. The zero-order valence-electron chi connectivity index (χ0n) is 11.9. The summed E-state index contributed by atoms with van der Waals surface area (Å²) in [5, 5.41) is 55.5. The summed E-state index contributed by atoms with van der Waals surface area (Å²) in [5.74, 6) is -3.42. The third-order valence-electron chi connectivity index (χ3n) is 3.47. The number of alkyl halides is 1. The number of aliphatic hydroxyl groups excluding tert-OH is 4. The van der Waals surface area contributed by atoms with Gasteiger partial charge in [0, 0.05) is 6.61 Å². The minimum Gasteiger partial charge on any atom is -0.479 e. The van der Waals surface area contributed by atoms with Crippen LogP contribution < -0.4 is 0 Å². The van der Waals surface area contributed by atoms with Crippen molar-refractivity contribution in [3.8, 4) is 0 Å². The molecule has 1 rings (SSSR count). The van der Waals surface area contributed by atoms with Gasteiger partial charge in [0.15, 0.2) is 6.29 Å². The Morgan fingerprint density at radius 2 is 1.65 bits per heavy atom. The second kappa shape index (κ2) is 8.20. The fraction of sp³-hybridized carbons (Fsp3) is 0.833. The number of halogens is 1. The van der Waals surface area contributed by atoms with Gasteiger partial charge < -0.3 is 40.1 Å². The second-order valence-electron chi connectivity index (χ2n) is 5.08. The summed E-state index contributed by atoms with van der Waals surface area (Å²) in [4.78, 5) is 19.2. The number of aliphatic hydroxyl groups is 4. The minimum absolute atomic E-state index is 0.0862. The van der Waals surface area contributed by atoms with Gasteiger partial charge in [-0.05, 0) is 12.8 Å². The number of carbonyl (C=O) groups is 2. The summed E-state index contributed by atoms with van der Waals surface area (Å²) < 4.78 is 10.2. The Kier molecular flexibility index (Phi) is 7.14. The van der Waals surface area contributed by atoms with Crippen molar-refractivity contribution in [3.05, 3.63) is 0 Å². The molecule has 1 aliphatic heterocycles. The molecule has 0 aromatic heterocycles. The molecule has 1 heterocycles. The molecule has 0 radical (unpaired) electrons. The number of carboxylic acids is 2. The van der Waals surface area contributed by atoms with Crippen LogP contribution in [0.25, 0.3) is 0 Å². The van der Waals surface area contributed by atoms with Crippen LogP contribution in [-0.4, -0.2) is 91.4 Å². The molecule has 0 bridgehead atoms. The number of ether oxygens (including phenoxy) is 2. The maximum absolute atomic E-state index is 10.9. The Hall–Kier alpha value is -1.01. The van der Waals surface area contributed by atoms with Gasteiger partial charge in [-0.1, -0.05) is 11.6 Å². The van der Waals surface area contributed by atoms with Crippen molar-refractivity contribution >= 4 is 23.5 Å². The van der Waals surface area contributed by atoms with Crippen LogP contribution in [0.15, 0.2) is 0 Å². The lowest BCUT2D eigenvalue weighted by molar-refractivity contribution is -0.301. The van der Waals surface area contributed by atoms with Gasteiger partial charge in [-0.15, -0.1) is 0 Å². The first-order valence-electron chi connectivity index (χ1n) is 6.73. The fourth-order valence-electron chi connectivity index (χ4n) is 2.03. The lowest BCUT2D eigenvalue weighted by Crippen LogP contribution is -2.59. The molecule has 1 aliphatic rings. The van der Waals surface area contributed by atoms with E-state index in [0.29, 0.717) is 0 Å². The number of carboxylic acid groups (broad SMARTS) is 2. The monoisotopic (exact) mass is 358 g/mol. The van der Waals surface area contributed by atoms with E-state index in [1.165, 1.54) is 0 Å². The number of hydrogen-bond acceptors (Lipinski definition) is 8. The molecular formula is C12H19ClO10. The van der Waals surface area contributed by atoms with Gasteiger partial charge >= 0.3 is 11.9 Å². The minimum atomic E-state index is -2.49. The highest BCUT2D eigenvalue weighted by Crippen LogP contribution is 2.25. The first-order valence-corrected chi connectivity index (χ1v) is 7.10. The summed E-state index contributed by atoms with van der Waals surface area (Å²) in [6.45, 7) is -0.842. The van der Waals surface area contributed by atoms with E-state index < -0.39 is 60.5 Å². The number of rotatable bonds is 8. The molecule has 10 nitrogen and oxygen atoms in total. The molecule has 0 aromatic carbocycles.